The largest absolute Gasteiger partial charge is 0.323 e. The van der Waals surface area contributed by atoms with Crippen molar-refractivity contribution in [3.05, 3.63) is 34.7 Å². The fourth-order valence-corrected chi connectivity index (χ4v) is 3.93. The minimum atomic E-state index is 0.272. The van der Waals surface area contributed by atoms with Gasteiger partial charge in [-0.3, -0.25) is 0 Å². The Hall–Kier alpha value is -0.860. The smallest absolute Gasteiger partial charge is 0.0393 e. The van der Waals surface area contributed by atoms with Gasteiger partial charge in [0.25, 0.3) is 0 Å². The number of rotatable bonds is 0. The van der Waals surface area contributed by atoms with E-state index in [1.165, 1.54) is 26.9 Å². The average Bonchev–Trinajstić information content (AvgIpc) is 2.64. The van der Waals surface area contributed by atoms with Crippen LogP contribution in [0.25, 0.3) is 10.1 Å². The Morgan fingerprint density at radius 2 is 2.07 bits per heavy atom. The van der Waals surface area contributed by atoms with Crippen LogP contribution in [0, 0.1) is 0 Å². The highest BCUT2D eigenvalue weighted by molar-refractivity contribution is 7.19. The first-order chi connectivity index (χ1) is 7.27. The molecule has 1 aliphatic rings. The molecule has 15 heavy (non-hydrogen) atoms. The highest BCUT2D eigenvalue weighted by atomic mass is 32.1. The molecule has 1 aromatic carbocycles. The van der Waals surface area contributed by atoms with Crippen LogP contribution in [0.4, 0.5) is 0 Å². The van der Waals surface area contributed by atoms with Gasteiger partial charge in [0, 0.05) is 15.6 Å². The lowest BCUT2D eigenvalue weighted by molar-refractivity contribution is 0.525. The Morgan fingerprint density at radius 3 is 2.93 bits per heavy atom. The Balaban J connectivity index is 2.34. The molecule has 0 bridgehead atoms. The van der Waals surface area contributed by atoms with Crippen LogP contribution in [0.15, 0.2) is 24.3 Å². The highest BCUT2D eigenvalue weighted by Gasteiger charge is 2.26. The van der Waals surface area contributed by atoms with Crippen molar-refractivity contribution >= 4 is 21.4 Å². The molecule has 2 aromatic rings. The molecular formula is C13H15NS. The molecule has 0 aliphatic heterocycles. The van der Waals surface area contributed by atoms with E-state index < -0.39 is 0 Å². The molecule has 3 rings (SSSR count). The monoisotopic (exact) mass is 217 g/mol. The maximum Gasteiger partial charge on any atom is 0.0393 e. The zero-order chi connectivity index (χ0) is 10.4. The van der Waals surface area contributed by atoms with E-state index in [-0.39, 0.29) is 6.04 Å². The van der Waals surface area contributed by atoms with Crippen LogP contribution in [0.3, 0.4) is 0 Å². The second kappa shape index (κ2) is 3.32. The predicted octanol–water partition coefficient (Wildman–Crippen LogP) is 3.80. The number of fused-ring (bicyclic) bond motifs is 3. The number of hydrogen-bond donors (Lipinski definition) is 1. The quantitative estimate of drug-likeness (QED) is 0.713. The van der Waals surface area contributed by atoms with Crippen LogP contribution in [-0.2, 0) is 0 Å². The Morgan fingerprint density at radius 1 is 1.27 bits per heavy atom. The minimum absolute atomic E-state index is 0.272. The third-order valence-electron chi connectivity index (χ3n) is 3.40. The summed E-state index contributed by atoms with van der Waals surface area (Å²) < 4.78 is 1.40. The molecule has 2 unspecified atom stereocenters. The van der Waals surface area contributed by atoms with E-state index in [2.05, 4.69) is 31.2 Å². The summed E-state index contributed by atoms with van der Waals surface area (Å²) in [6.45, 7) is 2.32. The third kappa shape index (κ3) is 1.32. The molecule has 0 fully saturated rings. The third-order valence-corrected chi connectivity index (χ3v) is 4.72. The van der Waals surface area contributed by atoms with Gasteiger partial charge in [0.05, 0.1) is 0 Å². The molecule has 0 radical (unpaired) electrons. The summed E-state index contributed by atoms with van der Waals surface area (Å²) in [7, 11) is 0. The first kappa shape index (κ1) is 9.37. The van der Waals surface area contributed by atoms with E-state index in [1.54, 1.807) is 0 Å². The zero-order valence-corrected chi connectivity index (χ0v) is 9.68. The standard InChI is InChI=1S/C13H15NS/c1-8-6-7-10(14)13-12(8)9-4-2-3-5-11(9)15-13/h2-5,8,10H,6-7,14H2,1H3. The topological polar surface area (TPSA) is 26.0 Å². The van der Waals surface area contributed by atoms with Crippen LogP contribution in [-0.4, -0.2) is 0 Å². The first-order valence-corrected chi connectivity index (χ1v) is 6.36. The van der Waals surface area contributed by atoms with Crippen molar-refractivity contribution < 1.29 is 0 Å². The summed E-state index contributed by atoms with van der Waals surface area (Å²) in [5.41, 5.74) is 7.71. The number of thiophene rings is 1. The zero-order valence-electron chi connectivity index (χ0n) is 8.86. The lowest BCUT2D eigenvalue weighted by Crippen LogP contribution is -2.17. The van der Waals surface area contributed by atoms with Gasteiger partial charge in [0.2, 0.25) is 0 Å². The van der Waals surface area contributed by atoms with Gasteiger partial charge in [-0.25, -0.2) is 0 Å². The van der Waals surface area contributed by atoms with Gasteiger partial charge in [0.1, 0.15) is 0 Å². The van der Waals surface area contributed by atoms with Gasteiger partial charge in [-0.05, 0) is 35.8 Å². The lowest BCUT2D eigenvalue weighted by atomic mass is 9.85. The van der Waals surface area contributed by atoms with Crippen molar-refractivity contribution in [2.75, 3.05) is 0 Å². The molecule has 1 heterocycles. The molecule has 1 nitrogen and oxygen atoms in total. The normalized spacial score (nSPS) is 25.5. The molecule has 78 valence electrons. The van der Waals surface area contributed by atoms with E-state index in [0.717, 1.165) is 6.42 Å². The maximum atomic E-state index is 6.18. The van der Waals surface area contributed by atoms with Crippen LogP contribution < -0.4 is 5.73 Å². The van der Waals surface area contributed by atoms with E-state index in [4.69, 9.17) is 5.73 Å². The summed E-state index contributed by atoms with van der Waals surface area (Å²) >= 11 is 1.89. The molecule has 0 amide bonds. The summed E-state index contributed by atoms with van der Waals surface area (Å²) in [5, 5.41) is 1.43. The minimum Gasteiger partial charge on any atom is -0.323 e. The summed E-state index contributed by atoms with van der Waals surface area (Å²) in [5.74, 6) is 0.677. The van der Waals surface area contributed by atoms with Gasteiger partial charge in [-0.15, -0.1) is 11.3 Å². The average molecular weight is 217 g/mol. The van der Waals surface area contributed by atoms with Crippen LogP contribution in [0.5, 0.6) is 0 Å². The molecule has 2 heteroatoms. The van der Waals surface area contributed by atoms with Gasteiger partial charge in [-0.1, -0.05) is 25.1 Å². The van der Waals surface area contributed by atoms with Crippen molar-refractivity contribution in [2.45, 2.75) is 31.7 Å². The maximum absolute atomic E-state index is 6.18. The predicted molar refractivity (Wildman–Crippen MR) is 66.4 cm³/mol. The second-order valence-corrected chi connectivity index (χ2v) is 5.54. The van der Waals surface area contributed by atoms with Crippen LogP contribution in [0.1, 0.15) is 42.2 Å². The first-order valence-electron chi connectivity index (χ1n) is 5.54. The SMILES string of the molecule is CC1CCC(N)c2sc3ccccc3c21. The van der Waals surface area contributed by atoms with Crippen molar-refractivity contribution in [3.8, 4) is 0 Å². The molecule has 0 spiro atoms. The van der Waals surface area contributed by atoms with E-state index in [9.17, 15) is 0 Å². The van der Waals surface area contributed by atoms with Crippen molar-refractivity contribution in [2.24, 2.45) is 5.73 Å². The van der Waals surface area contributed by atoms with Gasteiger partial charge in [0.15, 0.2) is 0 Å². The molecule has 1 aromatic heterocycles. The molecule has 0 saturated heterocycles. The van der Waals surface area contributed by atoms with Crippen LogP contribution in [0.2, 0.25) is 0 Å². The van der Waals surface area contributed by atoms with Gasteiger partial charge < -0.3 is 5.73 Å². The Bertz CT molecular complexity index is 500. The van der Waals surface area contributed by atoms with Crippen molar-refractivity contribution in [1.29, 1.82) is 0 Å². The summed E-state index contributed by atoms with van der Waals surface area (Å²) in [6.07, 6.45) is 2.37. The Labute approximate surface area is 93.9 Å². The molecule has 2 atom stereocenters. The van der Waals surface area contributed by atoms with Crippen molar-refractivity contribution in [1.82, 2.24) is 0 Å². The molecule has 1 aliphatic carbocycles. The van der Waals surface area contributed by atoms with Gasteiger partial charge >= 0.3 is 0 Å². The number of hydrogen-bond acceptors (Lipinski definition) is 2. The summed E-state index contributed by atoms with van der Waals surface area (Å²) in [6, 6.07) is 8.95. The van der Waals surface area contributed by atoms with E-state index >= 15 is 0 Å². The van der Waals surface area contributed by atoms with Gasteiger partial charge in [-0.2, -0.15) is 0 Å². The fourth-order valence-electron chi connectivity index (χ4n) is 2.57. The Kier molecular flexibility index (Phi) is 2.08. The van der Waals surface area contributed by atoms with Crippen molar-refractivity contribution in [3.63, 3.8) is 0 Å². The second-order valence-electron chi connectivity index (χ2n) is 4.46. The fraction of sp³-hybridized carbons (Fsp3) is 0.385. The molecule has 0 saturated carbocycles. The van der Waals surface area contributed by atoms with Crippen LogP contribution >= 0.6 is 11.3 Å². The summed E-state index contributed by atoms with van der Waals surface area (Å²) in [4.78, 5) is 1.43. The van der Waals surface area contributed by atoms with E-state index in [1.807, 2.05) is 11.3 Å². The molecule has 2 N–H and O–H groups in total. The number of nitrogens with two attached hydrogens (primary N) is 1. The lowest BCUT2D eigenvalue weighted by Gasteiger charge is -2.24. The van der Waals surface area contributed by atoms with E-state index in [0.29, 0.717) is 5.92 Å². The molecular weight excluding hydrogens is 202 g/mol. The number of benzene rings is 1. The highest BCUT2D eigenvalue weighted by Crippen LogP contribution is 2.45.